The second-order valence-electron chi connectivity index (χ2n) is 7.84. The summed E-state index contributed by atoms with van der Waals surface area (Å²) in [5.41, 5.74) is 1.00. The number of hydrogen-bond donors (Lipinski definition) is 2. The predicted octanol–water partition coefficient (Wildman–Crippen LogP) is 1.93. The largest absolute Gasteiger partial charge is 0.504 e. The van der Waals surface area contributed by atoms with Crippen molar-refractivity contribution in [1.29, 1.82) is 0 Å². The van der Waals surface area contributed by atoms with Crippen LogP contribution in [0.4, 0.5) is 0 Å². The Labute approximate surface area is 163 Å². The van der Waals surface area contributed by atoms with Crippen LogP contribution < -0.4 is 4.74 Å². The smallest absolute Gasteiger partial charge is 0.290 e. The average molecular weight is 387 g/mol. The summed E-state index contributed by atoms with van der Waals surface area (Å²) in [6.07, 6.45) is 2.24. The zero-order chi connectivity index (χ0) is 20.0. The number of ketones is 1. The van der Waals surface area contributed by atoms with Gasteiger partial charge in [0, 0.05) is 6.54 Å². The molecule has 1 aromatic carbocycles. The molecule has 150 valence electrons. The topological polar surface area (TPSA) is 96.3 Å². The average Bonchev–Trinajstić information content (AvgIpc) is 2.96. The lowest BCUT2D eigenvalue weighted by Crippen LogP contribution is -2.41. The zero-order valence-corrected chi connectivity index (χ0v) is 16.1. The Bertz CT molecular complexity index is 847. The van der Waals surface area contributed by atoms with E-state index in [9.17, 15) is 19.8 Å². The van der Waals surface area contributed by atoms with Gasteiger partial charge in [0.25, 0.3) is 5.91 Å². The van der Waals surface area contributed by atoms with E-state index in [2.05, 4.69) is 6.92 Å². The molecule has 1 aromatic rings. The van der Waals surface area contributed by atoms with Crippen molar-refractivity contribution < 1.29 is 29.3 Å². The van der Waals surface area contributed by atoms with Gasteiger partial charge in [0.05, 0.1) is 31.2 Å². The molecule has 7 heteroatoms. The summed E-state index contributed by atoms with van der Waals surface area (Å²) in [5, 5.41) is 19.4. The van der Waals surface area contributed by atoms with E-state index >= 15 is 0 Å². The minimum Gasteiger partial charge on any atom is -0.504 e. The normalized spacial score (nSPS) is 29.5. The number of aliphatic hydroxyl groups is 1. The molecule has 0 aromatic heterocycles. The fourth-order valence-corrected chi connectivity index (χ4v) is 4.67. The van der Waals surface area contributed by atoms with Crippen LogP contribution in [0, 0.1) is 11.8 Å². The van der Waals surface area contributed by atoms with E-state index in [1.165, 1.54) is 18.1 Å². The molecule has 0 radical (unpaired) electrons. The Morgan fingerprint density at radius 2 is 2.07 bits per heavy atom. The number of nitrogens with zero attached hydrogens (tertiary/aromatic N) is 1. The van der Waals surface area contributed by atoms with Gasteiger partial charge in [0.2, 0.25) is 0 Å². The Kier molecular flexibility index (Phi) is 4.79. The zero-order valence-electron chi connectivity index (χ0n) is 16.1. The van der Waals surface area contributed by atoms with Gasteiger partial charge in [0.1, 0.15) is 6.10 Å². The van der Waals surface area contributed by atoms with Crippen LogP contribution in [0.25, 0.3) is 0 Å². The van der Waals surface area contributed by atoms with E-state index in [0.717, 1.165) is 19.3 Å². The molecule has 2 N–H and O–H groups in total. The fraction of sp³-hybridized carbons (Fsp3) is 0.524. The van der Waals surface area contributed by atoms with E-state index < -0.39 is 6.04 Å². The molecule has 7 nitrogen and oxygen atoms in total. The lowest BCUT2D eigenvalue weighted by molar-refractivity contribution is -0.136. The van der Waals surface area contributed by atoms with Gasteiger partial charge in [0.15, 0.2) is 23.0 Å². The van der Waals surface area contributed by atoms with Crippen molar-refractivity contribution >= 4 is 11.7 Å². The van der Waals surface area contributed by atoms with Gasteiger partial charge in [-0.05, 0) is 42.9 Å². The second-order valence-corrected chi connectivity index (χ2v) is 7.84. The number of benzene rings is 1. The number of hydrogen-bond acceptors (Lipinski definition) is 6. The Balaban J connectivity index is 1.80. The number of methoxy groups -OCH3 is 1. The van der Waals surface area contributed by atoms with Gasteiger partial charge in [-0.1, -0.05) is 13.0 Å². The van der Waals surface area contributed by atoms with Gasteiger partial charge in [-0.3, -0.25) is 9.59 Å². The second kappa shape index (κ2) is 7.13. The molecule has 2 heterocycles. The van der Waals surface area contributed by atoms with Gasteiger partial charge >= 0.3 is 0 Å². The molecule has 1 saturated carbocycles. The quantitative estimate of drug-likeness (QED) is 0.820. The van der Waals surface area contributed by atoms with Crippen LogP contribution in [0.2, 0.25) is 0 Å². The van der Waals surface area contributed by atoms with E-state index in [4.69, 9.17) is 9.47 Å². The van der Waals surface area contributed by atoms with Crippen LogP contribution >= 0.6 is 0 Å². The minimum absolute atomic E-state index is 0.0223. The first-order chi connectivity index (χ1) is 13.5. The van der Waals surface area contributed by atoms with Crippen LogP contribution in [-0.4, -0.2) is 53.2 Å². The number of carbonyl (C=O) groups excluding carboxylic acids is 2. The molecule has 28 heavy (non-hydrogen) atoms. The van der Waals surface area contributed by atoms with Crippen LogP contribution in [0.15, 0.2) is 29.5 Å². The number of carbonyl (C=O) groups is 2. The minimum atomic E-state index is -0.658. The molecule has 3 aliphatic rings. The molecule has 1 fully saturated rings. The lowest BCUT2D eigenvalue weighted by Gasteiger charge is -2.37. The summed E-state index contributed by atoms with van der Waals surface area (Å²) in [4.78, 5) is 27.9. The van der Waals surface area contributed by atoms with E-state index in [-0.39, 0.29) is 54.1 Å². The molecule has 4 unspecified atom stereocenters. The SMILES string of the molecule is COc1cc(C2C3=C(OC4CCC(C)CC4C3=O)C(=O)N2CCO)ccc1O. The number of aromatic hydroxyl groups is 1. The first kappa shape index (κ1) is 18.8. The molecule has 0 bridgehead atoms. The highest BCUT2D eigenvalue weighted by Crippen LogP contribution is 2.48. The monoisotopic (exact) mass is 387 g/mol. The van der Waals surface area contributed by atoms with Crippen molar-refractivity contribution in [2.75, 3.05) is 20.3 Å². The molecule has 0 saturated heterocycles. The fourth-order valence-electron chi connectivity index (χ4n) is 4.67. The van der Waals surface area contributed by atoms with Gasteiger partial charge < -0.3 is 24.6 Å². The van der Waals surface area contributed by atoms with Crippen LogP contribution in [-0.2, 0) is 14.3 Å². The lowest BCUT2D eigenvalue weighted by atomic mass is 9.74. The summed E-state index contributed by atoms with van der Waals surface area (Å²) >= 11 is 0. The number of β-amino-alcohol motifs (C(OH)–C–C–N with tert-alkyl or cyclic N) is 1. The first-order valence-corrected chi connectivity index (χ1v) is 9.70. The Hall–Kier alpha value is -2.54. The molecule has 2 aliphatic heterocycles. The number of amides is 1. The van der Waals surface area contributed by atoms with Gasteiger partial charge in [-0.2, -0.15) is 0 Å². The number of ether oxygens (including phenoxy) is 2. The maximum Gasteiger partial charge on any atom is 0.290 e. The number of phenolic OH excluding ortho intramolecular Hbond substituents is 1. The summed E-state index contributed by atoms with van der Waals surface area (Å²) in [5.74, 6) is 0.142. The van der Waals surface area contributed by atoms with E-state index in [0.29, 0.717) is 17.1 Å². The van der Waals surface area contributed by atoms with Crippen LogP contribution in [0.3, 0.4) is 0 Å². The van der Waals surface area contributed by atoms with E-state index in [1.54, 1.807) is 12.1 Å². The molecule has 1 amide bonds. The van der Waals surface area contributed by atoms with Crippen molar-refractivity contribution in [1.82, 2.24) is 4.90 Å². The highest BCUT2D eigenvalue weighted by molar-refractivity contribution is 6.11. The van der Waals surface area contributed by atoms with Crippen molar-refractivity contribution in [3.8, 4) is 11.5 Å². The summed E-state index contributed by atoms with van der Waals surface area (Å²) in [6, 6.07) is 4.11. The highest BCUT2D eigenvalue weighted by Gasteiger charge is 2.52. The highest BCUT2D eigenvalue weighted by atomic mass is 16.5. The molecule has 0 spiro atoms. The van der Waals surface area contributed by atoms with Crippen molar-refractivity contribution in [3.05, 3.63) is 35.1 Å². The van der Waals surface area contributed by atoms with Crippen molar-refractivity contribution in [3.63, 3.8) is 0 Å². The molecular weight excluding hydrogens is 362 g/mol. The van der Waals surface area contributed by atoms with Gasteiger partial charge in [-0.25, -0.2) is 0 Å². The number of rotatable bonds is 4. The molecule has 4 rings (SSSR count). The van der Waals surface area contributed by atoms with Crippen molar-refractivity contribution in [2.24, 2.45) is 11.8 Å². The number of aliphatic hydroxyl groups excluding tert-OH is 1. The third-order valence-corrected chi connectivity index (χ3v) is 6.07. The standard InChI is InChI=1S/C21H25NO6/c1-11-3-6-15-13(9-11)19(25)17-18(12-4-5-14(24)16(10-12)27-2)22(7-8-23)21(26)20(17)28-15/h4-5,10-11,13,15,18,23-24H,3,6-9H2,1-2H3. The molecule has 1 aliphatic carbocycles. The third-order valence-electron chi connectivity index (χ3n) is 6.07. The predicted molar refractivity (Wildman–Crippen MR) is 99.6 cm³/mol. The Morgan fingerprint density at radius 1 is 1.29 bits per heavy atom. The van der Waals surface area contributed by atoms with Gasteiger partial charge in [-0.15, -0.1) is 0 Å². The molecule has 4 atom stereocenters. The van der Waals surface area contributed by atoms with Crippen LogP contribution in [0.5, 0.6) is 11.5 Å². The first-order valence-electron chi connectivity index (χ1n) is 9.70. The van der Waals surface area contributed by atoms with E-state index in [1.807, 2.05) is 0 Å². The molecular formula is C21H25NO6. The third kappa shape index (κ3) is 2.85. The maximum absolute atomic E-state index is 13.4. The van der Waals surface area contributed by atoms with Crippen LogP contribution in [0.1, 0.15) is 37.8 Å². The maximum atomic E-state index is 13.4. The summed E-state index contributed by atoms with van der Waals surface area (Å²) in [7, 11) is 1.44. The number of phenols is 1. The summed E-state index contributed by atoms with van der Waals surface area (Å²) < 4.78 is 11.3. The summed E-state index contributed by atoms with van der Waals surface area (Å²) in [6.45, 7) is 1.99. The number of Topliss-reactive ketones (excluding diaryl/α,β-unsaturated/α-hetero) is 1. The Morgan fingerprint density at radius 3 is 2.79 bits per heavy atom. The number of fused-ring (bicyclic) bond motifs is 1. The van der Waals surface area contributed by atoms with Crippen molar-refractivity contribution in [2.45, 2.75) is 38.3 Å².